The van der Waals surface area contributed by atoms with Gasteiger partial charge in [-0.15, -0.1) is 0 Å². The van der Waals surface area contributed by atoms with Crippen LogP contribution in [0.25, 0.3) is 0 Å². The number of hydrogen-bond acceptors (Lipinski definition) is 1. The van der Waals surface area contributed by atoms with Gasteiger partial charge >= 0.3 is 0 Å². The van der Waals surface area contributed by atoms with Gasteiger partial charge in [0.25, 0.3) is 0 Å². The quantitative estimate of drug-likeness (QED) is 0.622. The average Bonchev–Trinajstić information content (AvgIpc) is 1.96. The lowest BCUT2D eigenvalue weighted by molar-refractivity contribution is 0.363. The molecule has 0 bridgehead atoms. The van der Waals surface area contributed by atoms with Crippen molar-refractivity contribution in [3.8, 4) is 0 Å². The second-order valence-corrected chi connectivity index (χ2v) is 4.55. The monoisotopic (exact) mass is 169 g/mol. The molecule has 0 saturated carbocycles. The summed E-state index contributed by atoms with van der Waals surface area (Å²) in [5.41, 5.74) is 1.62. The standard InChI is InChI=1S/C11H23N/c1-6-10(2)12-9-7-8-11(3,4)5/h12H,2,6-9H2,1,3-5H3. The zero-order chi connectivity index (χ0) is 9.61. The number of rotatable bonds is 5. The van der Waals surface area contributed by atoms with Crippen molar-refractivity contribution in [2.75, 3.05) is 6.54 Å². The maximum absolute atomic E-state index is 3.90. The molecule has 1 heteroatoms. The van der Waals surface area contributed by atoms with E-state index in [0.29, 0.717) is 5.41 Å². The van der Waals surface area contributed by atoms with E-state index in [0.717, 1.165) is 18.7 Å². The molecule has 1 nitrogen and oxygen atoms in total. The van der Waals surface area contributed by atoms with Crippen molar-refractivity contribution in [3.63, 3.8) is 0 Å². The number of allylic oxidation sites excluding steroid dienone is 1. The number of nitrogens with one attached hydrogen (secondary N) is 1. The van der Waals surface area contributed by atoms with E-state index in [1.807, 2.05) is 0 Å². The Morgan fingerprint density at radius 1 is 1.33 bits per heavy atom. The van der Waals surface area contributed by atoms with Crippen LogP contribution in [0, 0.1) is 5.41 Å². The Hall–Kier alpha value is -0.460. The summed E-state index contributed by atoms with van der Waals surface area (Å²) in [5, 5.41) is 3.31. The molecule has 0 fully saturated rings. The fraction of sp³-hybridized carbons (Fsp3) is 0.818. The molecule has 0 atom stereocenters. The average molecular weight is 169 g/mol. The summed E-state index contributed by atoms with van der Waals surface area (Å²) < 4.78 is 0. The molecule has 0 amide bonds. The predicted molar refractivity (Wildman–Crippen MR) is 56.1 cm³/mol. The van der Waals surface area contributed by atoms with Crippen LogP contribution in [-0.2, 0) is 0 Å². The van der Waals surface area contributed by atoms with Crippen LogP contribution in [0.5, 0.6) is 0 Å². The Morgan fingerprint density at radius 3 is 2.33 bits per heavy atom. The molecule has 0 saturated heterocycles. The Morgan fingerprint density at radius 2 is 1.92 bits per heavy atom. The minimum Gasteiger partial charge on any atom is -0.389 e. The van der Waals surface area contributed by atoms with Gasteiger partial charge < -0.3 is 5.32 Å². The fourth-order valence-corrected chi connectivity index (χ4v) is 1.01. The number of hydrogen-bond donors (Lipinski definition) is 1. The zero-order valence-electron chi connectivity index (χ0n) is 9.04. The Kier molecular flexibility index (Phi) is 5.03. The molecule has 0 aromatic heterocycles. The van der Waals surface area contributed by atoms with E-state index in [-0.39, 0.29) is 0 Å². The first-order valence-corrected chi connectivity index (χ1v) is 4.87. The van der Waals surface area contributed by atoms with Gasteiger partial charge in [-0.25, -0.2) is 0 Å². The second-order valence-electron chi connectivity index (χ2n) is 4.55. The summed E-state index contributed by atoms with van der Waals surface area (Å²) in [4.78, 5) is 0. The lowest BCUT2D eigenvalue weighted by atomic mass is 9.91. The van der Waals surface area contributed by atoms with Gasteiger partial charge in [0.05, 0.1) is 0 Å². The minimum atomic E-state index is 0.467. The summed E-state index contributed by atoms with van der Waals surface area (Å²) in [6.07, 6.45) is 3.55. The fourth-order valence-electron chi connectivity index (χ4n) is 1.01. The van der Waals surface area contributed by atoms with Gasteiger partial charge in [-0.05, 0) is 24.7 Å². The zero-order valence-corrected chi connectivity index (χ0v) is 9.04. The van der Waals surface area contributed by atoms with Crippen molar-refractivity contribution in [2.24, 2.45) is 5.41 Å². The van der Waals surface area contributed by atoms with Gasteiger partial charge in [0, 0.05) is 12.2 Å². The molecule has 72 valence electrons. The third kappa shape index (κ3) is 7.64. The molecular formula is C11H23N. The molecule has 0 unspecified atom stereocenters. The van der Waals surface area contributed by atoms with Crippen molar-refractivity contribution >= 4 is 0 Å². The maximum atomic E-state index is 3.90. The minimum absolute atomic E-state index is 0.467. The predicted octanol–water partition coefficient (Wildman–Crippen LogP) is 3.33. The summed E-state index contributed by atoms with van der Waals surface area (Å²) in [6, 6.07) is 0. The van der Waals surface area contributed by atoms with Crippen LogP contribution in [0.4, 0.5) is 0 Å². The maximum Gasteiger partial charge on any atom is 0.0143 e. The van der Waals surface area contributed by atoms with Crippen LogP contribution in [0.3, 0.4) is 0 Å². The molecule has 0 spiro atoms. The molecule has 0 heterocycles. The van der Waals surface area contributed by atoms with Gasteiger partial charge in [0.1, 0.15) is 0 Å². The summed E-state index contributed by atoms with van der Waals surface area (Å²) >= 11 is 0. The van der Waals surface area contributed by atoms with E-state index in [1.165, 1.54) is 12.8 Å². The van der Waals surface area contributed by atoms with Gasteiger partial charge in [0.2, 0.25) is 0 Å². The molecule has 0 aliphatic carbocycles. The molecule has 0 aromatic carbocycles. The van der Waals surface area contributed by atoms with Crippen LogP contribution in [0.15, 0.2) is 12.3 Å². The van der Waals surface area contributed by atoms with Crippen LogP contribution in [0.1, 0.15) is 47.0 Å². The lowest BCUT2D eigenvalue weighted by Gasteiger charge is -2.18. The van der Waals surface area contributed by atoms with E-state index in [1.54, 1.807) is 0 Å². The Bertz CT molecular complexity index is 130. The highest BCUT2D eigenvalue weighted by Crippen LogP contribution is 2.19. The highest BCUT2D eigenvalue weighted by molar-refractivity contribution is 4.88. The molecular weight excluding hydrogens is 146 g/mol. The molecule has 0 radical (unpaired) electrons. The highest BCUT2D eigenvalue weighted by Gasteiger charge is 2.08. The first-order valence-electron chi connectivity index (χ1n) is 4.87. The normalized spacial score (nSPS) is 11.3. The van der Waals surface area contributed by atoms with Crippen LogP contribution in [0.2, 0.25) is 0 Å². The van der Waals surface area contributed by atoms with Crippen LogP contribution >= 0.6 is 0 Å². The molecule has 12 heavy (non-hydrogen) atoms. The van der Waals surface area contributed by atoms with E-state index in [2.05, 4.69) is 39.6 Å². The van der Waals surface area contributed by atoms with Gasteiger partial charge in [-0.1, -0.05) is 34.3 Å². The molecule has 1 N–H and O–H groups in total. The summed E-state index contributed by atoms with van der Waals surface area (Å²) in [5.74, 6) is 0. The third-order valence-electron chi connectivity index (χ3n) is 1.91. The third-order valence-corrected chi connectivity index (χ3v) is 1.91. The Balaban J connectivity index is 3.28. The van der Waals surface area contributed by atoms with Crippen LogP contribution < -0.4 is 5.32 Å². The summed E-state index contributed by atoms with van der Waals surface area (Å²) in [7, 11) is 0. The van der Waals surface area contributed by atoms with E-state index < -0.39 is 0 Å². The first kappa shape index (κ1) is 11.5. The SMILES string of the molecule is C=C(CC)NCCCC(C)(C)C. The Labute approximate surface area is 77.2 Å². The van der Waals surface area contributed by atoms with Gasteiger partial charge in [-0.3, -0.25) is 0 Å². The van der Waals surface area contributed by atoms with Crippen LogP contribution in [-0.4, -0.2) is 6.54 Å². The smallest absolute Gasteiger partial charge is 0.0143 e. The van der Waals surface area contributed by atoms with Crippen molar-refractivity contribution < 1.29 is 0 Å². The lowest BCUT2D eigenvalue weighted by Crippen LogP contribution is -2.15. The molecule has 0 aromatic rings. The largest absolute Gasteiger partial charge is 0.389 e. The molecule has 0 rings (SSSR count). The topological polar surface area (TPSA) is 12.0 Å². The van der Waals surface area contributed by atoms with E-state index in [9.17, 15) is 0 Å². The van der Waals surface area contributed by atoms with Crippen molar-refractivity contribution in [2.45, 2.75) is 47.0 Å². The van der Waals surface area contributed by atoms with Gasteiger partial charge in [0.15, 0.2) is 0 Å². The van der Waals surface area contributed by atoms with E-state index >= 15 is 0 Å². The highest BCUT2D eigenvalue weighted by atomic mass is 14.9. The van der Waals surface area contributed by atoms with Crippen molar-refractivity contribution in [1.82, 2.24) is 5.32 Å². The summed E-state index contributed by atoms with van der Waals surface area (Å²) in [6.45, 7) is 13.9. The van der Waals surface area contributed by atoms with Crippen molar-refractivity contribution in [1.29, 1.82) is 0 Å². The van der Waals surface area contributed by atoms with Gasteiger partial charge in [-0.2, -0.15) is 0 Å². The molecule has 0 aliphatic heterocycles. The van der Waals surface area contributed by atoms with Crippen molar-refractivity contribution in [3.05, 3.63) is 12.3 Å². The van der Waals surface area contributed by atoms with E-state index in [4.69, 9.17) is 0 Å². The first-order chi connectivity index (χ1) is 5.45. The molecule has 0 aliphatic rings. The second kappa shape index (κ2) is 5.23.